The molecule has 2 aliphatic heterocycles. The third-order valence-corrected chi connectivity index (χ3v) is 7.50. The summed E-state index contributed by atoms with van der Waals surface area (Å²) in [5.74, 6) is 2.68. The number of hydrogen-bond acceptors (Lipinski definition) is 5. The van der Waals surface area contributed by atoms with E-state index in [9.17, 15) is 4.79 Å². The second kappa shape index (κ2) is 11.3. The van der Waals surface area contributed by atoms with Crippen LogP contribution in [0.1, 0.15) is 36.5 Å². The number of benzene rings is 2. The Morgan fingerprint density at radius 3 is 2.61 bits per heavy atom. The van der Waals surface area contributed by atoms with Crippen molar-refractivity contribution in [2.45, 2.75) is 32.2 Å². The summed E-state index contributed by atoms with van der Waals surface area (Å²) in [6.07, 6.45) is 3.15. The zero-order chi connectivity index (χ0) is 23.2. The first-order valence-corrected chi connectivity index (χ1v) is 13.1. The molecule has 2 heterocycles. The Kier molecular flexibility index (Phi) is 8.15. The van der Waals surface area contributed by atoms with Gasteiger partial charge in [0.25, 0.3) is 5.91 Å². The smallest absolute Gasteiger partial charge is 0.258 e. The Labute approximate surface area is 200 Å². The highest BCUT2D eigenvalue weighted by molar-refractivity contribution is 7.99. The molecule has 2 aromatic carbocycles. The molecule has 4 rings (SSSR count). The SMILES string of the molecule is CCCCOc1ccc(C(=O)N(C)c2ccc(N3CCC(N4CCSCC4)C3)c(F)c2)cc1. The van der Waals surface area contributed by atoms with Crippen LogP contribution in [0.15, 0.2) is 42.5 Å². The molecule has 2 aliphatic rings. The number of rotatable bonds is 8. The van der Waals surface area contributed by atoms with Gasteiger partial charge in [-0.05, 0) is 55.3 Å². The van der Waals surface area contributed by atoms with Crippen LogP contribution in [0, 0.1) is 5.82 Å². The van der Waals surface area contributed by atoms with Crippen LogP contribution in [0.2, 0.25) is 0 Å². The van der Waals surface area contributed by atoms with Crippen molar-refractivity contribution in [1.29, 1.82) is 0 Å². The number of ether oxygens (including phenoxy) is 1. The van der Waals surface area contributed by atoms with E-state index < -0.39 is 0 Å². The van der Waals surface area contributed by atoms with Crippen molar-refractivity contribution < 1.29 is 13.9 Å². The molecule has 0 radical (unpaired) electrons. The molecule has 1 amide bonds. The van der Waals surface area contributed by atoms with Crippen molar-refractivity contribution in [3.63, 3.8) is 0 Å². The van der Waals surface area contributed by atoms with Crippen molar-refractivity contribution >= 4 is 29.0 Å². The summed E-state index contributed by atoms with van der Waals surface area (Å²) < 4.78 is 20.8. The number of nitrogens with zero attached hydrogens (tertiary/aromatic N) is 3. The minimum Gasteiger partial charge on any atom is -0.494 e. The van der Waals surface area contributed by atoms with Gasteiger partial charge in [-0.25, -0.2) is 4.39 Å². The van der Waals surface area contributed by atoms with E-state index in [0.717, 1.165) is 51.2 Å². The van der Waals surface area contributed by atoms with Crippen LogP contribution in [0.3, 0.4) is 0 Å². The highest BCUT2D eigenvalue weighted by atomic mass is 32.2. The molecule has 0 spiro atoms. The summed E-state index contributed by atoms with van der Waals surface area (Å²) in [7, 11) is 1.68. The molecule has 2 saturated heterocycles. The van der Waals surface area contributed by atoms with E-state index in [1.165, 1.54) is 22.5 Å². The minimum atomic E-state index is -0.276. The Hall–Kier alpha value is -2.25. The number of halogens is 1. The molecule has 1 atom stereocenters. The van der Waals surface area contributed by atoms with Gasteiger partial charge in [0.05, 0.1) is 12.3 Å². The quantitative estimate of drug-likeness (QED) is 0.512. The molecule has 0 aliphatic carbocycles. The van der Waals surface area contributed by atoms with Gasteiger partial charge in [-0.15, -0.1) is 0 Å². The number of anilines is 2. The molecule has 5 nitrogen and oxygen atoms in total. The summed E-state index contributed by atoms with van der Waals surface area (Å²) in [6.45, 7) is 6.78. The molecule has 1 unspecified atom stereocenters. The van der Waals surface area contributed by atoms with E-state index in [0.29, 0.717) is 29.6 Å². The summed E-state index contributed by atoms with van der Waals surface area (Å²) in [5, 5.41) is 0. The lowest BCUT2D eigenvalue weighted by atomic mass is 10.1. The molecular formula is C26H34FN3O2S. The number of hydrogen-bond donors (Lipinski definition) is 0. The Bertz CT molecular complexity index is 934. The van der Waals surface area contributed by atoms with E-state index >= 15 is 4.39 Å². The molecule has 0 bridgehead atoms. The van der Waals surface area contributed by atoms with Gasteiger partial charge in [0.2, 0.25) is 0 Å². The predicted octanol–water partition coefficient (Wildman–Crippen LogP) is 4.91. The largest absolute Gasteiger partial charge is 0.494 e. The lowest BCUT2D eigenvalue weighted by Crippen LogP contribution is -2.42. The first kappa shape index (κ1) is 23.9. The maximum atomic E-state index is 15.1. The van der Waals surface area contributed by atoms with Crippen LogP contribution < -0.4 is 14.5 Å². The summed E-state index contributed by atoms with van der Waals surface area (Å²) in [4.78, 5) is 19.1. The third-order valence-electron chi connectivity index (χ3n) is 6.56. The van der Waals surface area contributed by atoms with E-state index in [4.69, 9.17) is 4.74 Å². The molecule has 178 valence electrons. The second-order valence-electron chi connectivity index (χ2n) is 8.76. The van der Waals surface area contributed by atoms with E-state index in [1.807, 2.05) is 36.0 Å². The molecule has 0 saturated carbocycles. The van der Waals surface area contributed by atoms with Crippen molar-refractivity contribution in [3.05, 3.63) is 53.8 Å². The number of amides is 1. The highest BCUT2D eigenvalue weighted by Gasteiger charge is 2.30. The lowest BCUT2D eigenvalue weighted by molar-refractivity contribution is 0.0993. The van der Waals surface area contributed by atoms with Gasteiger partial charge in [0.1, 0.15) is 11.6 Å². The van der Waals surface area contributed by atoms with Crippen LogP contribution in [0.5, 0.6) is 5.75 Å². The maximum Gasteiger partial charge on any atom is 0.258 e. The van der Waals surface area contributed by atoms with Crippen LogP contribution >= 0.6 is 11.8 Å². The van der Waals surface area contributed by atoms with Crippen molar-refractivity contribution in [3.8, 4) is 5.75 Å². The number of carbonyl (C=O) groups excluding carboxylic acids is 1. The maximum absolute atomic E-state index is 15.1. The van der Waals surface area contributed by atoms with Crippen LogP contribution in [-0.2, 0) is 0 Å². The minimum absolute atomic E-state index is 0.175. The topological polar surface area (TPSA) is 36.0 Å². The van der Waals surface area contributed by atoms with E-state index in [2.05, 4.69) is 16.7 Å². The highest BCUT2D eigenvalue weighted by Crippen LogP contribution is 2.30. The summed E-state index contributed by atoms with van der Waals surface area (Å²) in [5.41, 5.74) is 1.72. The fourth-order valence-electron chi connectivity index (χ4n) is 4.50. The first-order chi connectivity index (χ1) is 16.1. The molecule has 33 heavy (non-hydrogen) atoms. The van der Waals surface area contributed by atoms with Crippen molar-refractivity contribution in [2.24, 2.45) is 0 Å². The molecule has 0 N–H and O–H groups in total. The molecule has 7 heteroatoms. The van der Waals surface area contributed by atoms with Crippen molar-refractivity contribution in [2.75, 3.05) is 61.1 Å². The number of carbonyl (C=O) groups is 1. The van der Waals surface area contributed by atoms with Gasteiger partial charge < -0.3 is 14.5 Å². The van der Waals surface area contributed by atoms with E-state index in [-0.39, 0.29) is 11.7 Å². The molecule has 2 aromatic rings. The van der Waals surface area contributed by atoms with Gasteiger partial charge >= 0.3 is 0 Å². The number of unbranched alkanes of at least 4 members (excludes halogenated alkanes) is 1. The van der Waals surface area contributed by atoms with E-state index in [1.54, 1.807) is 19.2 Å². The monoisotopic (exact) mass is 471 g/mol. The Morgan fingerprint density at radius 2 is 1.91 bits per heavy atom. The lowest BCUT2D eigenvalue weighted by Gasteiger charge is -2.32. The molecule has 2 fully saturated rings. The first-order valence-electron chi connectivity index (χ1n) is 11.9. The second-order valence-corrected chi connectivity index (χ2v) is 9.99. The Balaban J connectivity index is 1.38. The molecular weight excluding hydrogens is 437 g/mol. The predicted molar refractivity (Wildman–Crippen MR) is 135 cm³/mol. The van der Waals surface area contributed by atoms with Gasteiger partial charge in [-0.1, -0.05) is 13.3 Å². The summed E-state index contributed by atoms with van der Waals surface area (Å²) >= 11 is 2.01. The summed E-state index contributed by atoms with van der Waals surface area (Å²) in [6, 6.07) is 12.8. The zero-order valence-corrected chi connectivity index (χ0v) is 20.5. The van der Waals surface area contributed by atoms with Gasteiger partial charge in [0, 0.05) is 62.0 Å². The fourth-order valence-corrected chi connectivity index (χ4v) is 5.43. The van der Waals surface area contributed by atoms with Crippen LogP contribution in [0.4, 0.5) is 15.8 Å². The van der Waals surface area contributed by atoms with Crippen molar-refractivity contribution in [1.82, 2.24) is 4.90 Å². The normalized spacial score (nSPS) is 19.0. The fraction of sp³-hybridized carbons (Fsp3) is 0.500. The van der Waals surface area contributed by atoms with Crippen LogP contribution in [0.25, 0.3) is 0 Å². The number of thioether (sulfide) groups is 1. The third kappa shape index (κ3) is 5.82. The van der Waals surface area contributed by atoms with Crippen LogP contribution in [-0.4, -0.2) is 68.2 Å². The average Bonchev–Trinajstić information content (AvgIpc) is 3.34. The standard InChI is InChI=1S/C26H34FN3O2S/c1-3-4-15-32-23-8-5-20(6-9-23)26(31)28(2)21-7-10-25(24(27)18-21)30-12-11-22(19-30)29-13-16-33-17-14-29/h5-10,18,22H,3-4,11-17,19H2,1-2H3. The van der Waals surface area contributed by atoms with Gasteiger partial charge in [-0.2, -0.15) is 11.8 Å². The van der Waals surface area contributed by atoms with Gasteiger partial charge in [-0.3, -0.25) is 9.69 Å². The average molecular weight is 472 g/mol. The Morgan fingerprint density at radius 1 is 1.15 bits per heavy atom. The van der Waals surface area contributed by atoms with Gasteiger partial charge in [0.15, 0.2) is 0 Å². The molecule has 0 aromatic heterocycles. The zero-order valence-electron chi connectivity index (χ0n) is 19.6.